The molecule has 0 aromatic carbocycles. The molecule has 0 aromatic heterocycles. The van der Waals surface area contributed by atoms with Gasteiger partial charge in [0.2, 0.25) is 0 Å². The second-order valence-electron chi connectivity index (χ2n) is 8.04. The Bertz CT molecular complexity index is 465. The average molecular weight is 292 g/mol. The van der Waals surface area contributed by atoms with Crippen molar-refractivity contribution in [2.75, 3.05) is 19.8 Å². The zero-order valence-electron chi connectivity index (χ0n) is 13.8. The SMILES string of the molecule is CC(=O)OC[C@]12COC[C@H](C3=CCCC(C)(C)[C@H]3C1)[C@H]2C. The average Bonchev–Trinajstić information content (AvgIpc) is 2.39. The topological polar surface area (TPSA) is 35.5 Å². The summed E-state index contributed by atoms with van der Waals surface area (Å²) in [5.41, 5.74) is 1.98. The number of carbonyl (C=O) groups excluding carboxylic acids is 1. The number of hydrogen-bond donors (Lipinski definition) is 0. The van der Waals surface area contributed by atoms with Gasteiger partial charge >= 0.3 is 5.97 Å². The fraction of sp³-hybridized carbons (Fsp3) is 0.833. The Labute approximate surface area is 128 Å². The molecule has 3 aliphatic rings. The van der Waals surface area contributed by atoms with Crippen LogP contribution in [0.25, 0.3) is 0 Å². The van der Waals surface area contributed by atoms with Crippen LogP contribution in [0.4, 0.5) is 0 Å². The molecule has 4 atom stereocenters. The standard InChI is InChI=1S/C18H28O3/c1-12-15-9-20-10-18(12,11-21-13(2)19)8-16-14(15)6-5-7-17(16,3)4/h6,12,15-16H,5,7-11H2,1-4H3/t12-,15+,16+,18-/m1/s1. The number of carbonyl (C=O) groups is 1. The van der Waals surface area contributed by atoms with E-state index in [0.29, 0.717) is 29.8 Å². The molecule has 0 radical (unpaired) electrons. The fourth-order valence-electron chi connectivity index (χ4n) is 4.79. The first-order valence-corrected chi connectivity index (χ1v) is 8.27. The summed E-state index contributed by atoms with van der Waals surface area (Å²) in [6, 6.07) is 0. The Morgan fingerprint density at radius 1 is 1.48 bits per heavy atom. The summed E-state index contributed by atoms with van der Waals surface area (Å²) in [5.74, 6) is 1.48. The van der Waals surface area contributed by atoms with E-state index in [1.807, 2.05) is 0 Å². The molecule has 0 aromatic rings. The number of allylic oxidation sites excluding steroid dienone is 1. The van der Waals surface area contributed by atoms with E-state index in [9.17, 15) is 4.79 Å². The third kappa shape index (κ3) is 2.44. The van der Waals surface area contributed by atoms with Crippen LogP contribution in [-0.4, -0.2) is 25.8 Å². The first-order chi connectivity index (χ1) is 9.86. The lowest BCUT2D eigenvalue weighted by molar-refractivity contribution is -0.166. The van der Waals surface area contributed by atoms with E-state index in [4.69, 9.17) is 9.47 Å². The molecule has 2 aliphatic carbocycles. The Balaban J connectivity index is 1.93. The highest BCUT2D eigenvalue weighted by Crippen LogP contribution is 2.59. The van der Waals surface area contributed by atoms with Gasteiger partial charge < -0.3 is 9.47 Å². The van der Waals surface area contributed by atoms with Crippen LogP contribution in [0.5, 0.6) is 0 Å². The molecule has 1 aliphatic heterocycles. The molecule has 3 rings (SSSR count). The summed E-state index contributed by atoms with van der Waals surface area (Å²) >= 11 is 0. The molecule has 1 heterocycles. The lowest BCUT2D eigenvalue weighted by Crippen LogP contribution is -2.56. The summed E-state index contributed by atoms with van der Waals surface area (Å²) in [6.07, 6.45) is 6.02. The summed E-state index contributed by atoms with van der Waals surface area (Å²) in [4.78, 5) is 11.3. The van der Waals surface area contributed by atoms with E-state index in [1.165, 1.54) is 19.8 Å². The Hall–Kier alpha value is -0.830. The summed E-state index contributed by atoms with van der Waals surface area (Å²) in [5, 5.41) is 0. The molecule has 0 unspecified atom stereocenters. The van der Waals surface area contributed by atoms with Crippen molar-refractivity contribution in [2.24, 2.45) is 28.6 Å². The van der Waals surface area contributed by atoms with E-state index in [1.54, 1.807) is 5.57 Å². The van der Waals surface area contributed by atoms with Crippen molar-refractivity contribution in [1.29, 1.82) is 0 Å². The van der Waals surface area contributed by atoms with Crippen molar-refractivity contribution < 1.29 is 14.3 Å². The quantitative estimate of drug-likeness (QED) is 0.576. The summed E-state index contributed by atoms with van der Waals surface area (Å²) in [6.45, 7) is 10.7. The van der Waals surface area contributed by atoms with Crippen molar-refractivity contribution in [3.63, 3.8) is 0 Å². The van der Waals surface area contributed by atoms with Crippen LogP contribution in [0.1, 0.15) is 47.0 Å². The van der Waals surface area contributed by atoms with Gasteiger partial charge in [-0.15, -0.1) is 0 Å². The Morgan fingerprint density at radius 2 is 2.24 bits per heavy atom. The number of ether oxygens (including phenoxy) is 2. The maximum Gasteiger partial charge on any atom is 0.302 e. The first kappa shape index (κ1) is 15.1. The van der Waals surface area contributed by atoms with Crippen LogP contribution in [0, 0.1) is 28.6 Å². The molecule has 1 saturated carbocycles. The zero-order valence-corrected chi connectivity index (χ0v) is 13.8. The highest BCUT2D eigenvalue weighted by atomic mass is 16.5. The van der Waals surface area contributed by atoms with E-state index in [0.717, 1.165) is 19.6 Å². The molecule has 1 saturated heterocycles. The maximum absolute atomic E-state index is 11.3. The van der Waals surface area contributed by atoms with Crippen LogP contribution >= 0.6 is 0 Å². The van der Waals surface area contributed by atoms with Gasteiger partial charge in [0.25, 0.3) is 0 Å². The molecule has 118 valence electrons. The lowest BCUT2D eigenvalue weighted by Gasteiger charge is -2.58. The predicted octanol–water partition coefficient (Wildman–Crippen LogP) is 3.58. The van der Waals surface area contributed by atoms with E-state index in [2.05, 4.69) is 26.8 Å². The Morgan fingerprint density at radius 3 is 2.95 bits per heavy atom. The molecule has 3 nitrogen and oxygen atoms in total. The minimum Gasteiger partial charge on any atom is -0.465 e. The predicted molar refractivity (Wildman–Crippen MR) is 81.7 cm³/mol. The molecule has 2 fully saturated rings. The normalized spacial score (nSPS) is 41.0. The second-order valence-corrected chi connectivity index (χ2v) is 8.04. The van der Waals surface area contributed by atoms with Gasteiger partial charge in [0.05, 0.1) is 19.8 Å². The van der Waals surface area contributed by atoms with Gasteiger partial charge in [-0.05, 0) is 36.5 Å². The van der Waals surface area contributed by atoms with Gasteiger partial charge in [0, 0.05) is 18.3 Å². The zero-order chi connectivity index (χ0) is 15.3. The van der Waals surface area contributed by atoms with E-state index < -0.39 is 0 Å². The molecular weight excluding hydrogens is 264 g/mol. The largest absolute Gasteiger partial charge is 0.465 e. The second kappa shape index (κ2) is 5.12. The van der Waals surface area contributed by atoms with Gasteiger partial charge in [-0.1, -0.05) is 32.4 Å². The van der Waals surface area contributed by atoms with Crippen molar-refractivity contribution in [3.8, 4) is 0 Å². The third-order valence-corrected chi connectivity index (χ3v) is 6.37. The van der Waals surface area contributed by atoms with Gasteiger partial charge in [0.1, 0.15) is 0 Å². The minimum atomic E-state index is -0.178. The van der Waals surface area contributed by atoms with Crippen LogP contribution in [-0.2, 0) is 14.3 Å². The number of rotatable bonds is 2. The molecule has 21 heavy (non-hydrogen) atoms. The van der Waals surface area contributed by atoms with Crippen LogP contribution in [0.15, 0.2) is 11.6 Å². The fourth-order valence-corrected chi connectivity index (χ4v) is 4.79. The van der Waals surface area contributed by atoms with Gasteiger partial charge in [0.15, 0.2) is 0 Å². The molecule has 0 N–H and O–H groups in total. The van der Waals surface area contributed by atoms with Crippen LogP contribution in [0.2, 0.25) is 0 Å². The van der Waals surface area contributed by atoms with Gasteiger partial charge in [-0.25, -0.2) is 0 Å². The highest BCUT2D eigenvalue weighted by Gasteiger charge is 2.55. The van der Waals surface area contributed by atoms with Crippen LogP contribution < -0.4 is 0 Å². The smallest absolute Gasteiger partial charge is 0.302 e. The van der Waals surface area contributed by atoms with Crippen molar-refractivity contribution >= 4 is 5.97 Å². The maximum atomic E-state index is 11.3. The van der Waals surface area contributed by atoms with Crippen molar-refractivity contribution in [3.05, 3.63) is 11.6 Å². The first-order valence-electron chi connectivity index (χ1n) is 8.27. The molecule has 3 heteroatoms. The van der Waals surface area contributed by atoms with Crippen molar-refractivity contribution in [2.45, 2.75) is 47.0 Å². The van der Waals surface area contributed by atoms with Gasteiger partial charge in [-0.3, -0.25) is 4.79 Å². The van der Waals surface area contributed by atoms with Crippen molar-refractivity contribution in [1.82, 2.24) is 0 Å². The van der Waals surface area contributed by atoms with E-state index >= 15 is 0 Å². The number of fused-ring (bicyclic) bond motifs is 4. The summed E-state index contributed by atoms with van der Waals surface area (Å²) in [7, 11) is 0. The van der Waals surface area contributed by atoms with E-state index in [-0.39, 0.29) is 11.4 Å². The molecule has 0 spiro atoms. The Kier molecular flexibility index (Phi) is 3.67. The third-order valence-electron chi connectivity index (χ3n) is 6.37. The monoisotopic (exact) mass is 292 g/mol. The highest BCUT2D eigenvalue weighted by molar-refractivity contribution is 5.65. The number of esters is 1. The molecular formula is C18H28O3. The molecule has 2 bridgehead atoms. The lowest BCUT2D eigenvalue weighted by atomic mass is 9.50. The summed E-state index contributed by atoms with van der Waals surface area (Å²) < 4.78 is 11.4. The van der Waals surface area contributed by atoms with Crippen LogP contribution in [0.3, 0.4) is 0 Å². The molecule has 0 amide bonds. The minimum absolute atomic E-state index is 0.00516. The number of hydrogen-bond acceptors (Lipinski definition) is 3. The van der Waals surface area contributed by atoms with Gasteiger partial charge in [-0.2, -0.15) is 0 Å².